The van der Waals surface area contributed by atoms with Gasteiger partial charge in [-0.3, -0.25) is 9.47 Å². The Morgan fingerprint density at radius 2 is 1.97 bits per heavy atom. The zero-order valence-corrected chi connectivity index (χ0v) is 18.9. The van der Waals surface area contributed by atoms with E-state index < -0.39 is 0 Å². The van der Waals surface area contributed by atoms with Crippen molar-refractivity contribution in [2.45, 2.75) is 23.2 Å². The van der Waals surface area contributed by atoms with Crippen molar-refractivity contribution in [2.24, 2.45) is 0 Å². The zero-order chi connectivity index (χ0) is 20.5. The van der Waals surface area contributed by atoms with E-state index in [1.54, 1.807) is 19.2 Å². The monoisotopic (exact) mass is 491 g/mol. The highest BCUT2D eigenvalue weighted by Crippen LogP contribution is 2.39. The summed E-state index contributed by atoms with van der Waals surface area (Å²) in [6.07, 6.45) is 0. The number of amides is 1. The number of benzene rings is 2. The lowest BCUT2D eigenvalue weighted by Crippen LogP contribution is -2.41. The highest BCUT2D eigenvalue weighted by atomic mass is 79.9. The standard InChI is InChI=1S/C21H19BrClN3O2S/c1-12-3-10-18-26(12)25-19(13-4-7-15(28-2)8-5-13)20(29-18)21(27)24-17-9-6-14(22)11-16(17)23/h3-11,19-20,25H,1-2H3,(H,24,27)/t19-,20+/m0/s1. The van der Waals surface area contributed by atoms with Gasteiger partial charge in [-0.15, -0.1) is 0 Å². The van der Waals surface area contributed by atoms with Gasteiger partial charge in [0.15, 0.2) is 0 Å². The fraction of sp³-hybridized carbons (Fsp3) is 0.190. The normalized spacial score (nSPS) is 17.9. The average molecular weight is 493 g/mol. The van der Waals surface area contributed by atoms with E-state index in [1.165, 1.54) is 11.8 Å². The average Bonchev–Trinajstić information content (AvgIpc) is 3.09. The van der Waals surface area contributed by atoms with Gasteiger partial charge < -0.3 is 15.5 Å². The number of halogens is 2. The Kier molecular flexibility index (Phi) is 5.81. The fourth-order valence-electron chi connectivity index (χ4n) is 3.24. The van der Waals surface area contributed by atoms with Crippen LogP contribution in [0.3, 0.4) is 0 Å². The van der Waals surface area contributed by atoms with E-state index in [0.717, 1.165) is 26.5 Å². The number of thioether (sulfide) groups is 1. The summed E-state index contributed by atoms with van der Waals surface area (Å²) in [5.41, 5.74) is 6.17. The Bertz CT molecular complexity index is 1050. The highest BCUT2D eigenvalue weighted by molar-refractivity contribution is 9.10. The molecule has 1 amide bonds. The van der Waals surface area contributed by atoms with Crippen molar-refractivity contribution in [1.82, 2.24) is 4.68 Å². The molecule has 1 aliphatic rings. The number of anilines is 1. The molecule has 2 N–H and O–H groups in total. The van der Waals surface area contributed by atoms with Gasteiger partial charge in [-0.25, -0.2) is 0 Å². The van der Waals surface area contributed by atoms with E-state index in [-0.39, 0.29) is 17.2 Å². The first-order valence-electron chi connectivity index (χ1n) is 8.97. The predicted molar refractivity (Wildman–Crippen MR) is 122 cm³/mol. The van der Waals surface area contributed by atoms with E-state index in [4.69, 9.17) is 16.3 Å². The van der Waals surface area contributed by atoms with Crippen LogP contribution in [0.2, 0.25) is 5.02 Å². The van der Waals surface area contributed by atoms with Gasteiger partial charge >= 0.3 is 0 Å². The van der Waals surface area contributed by atoms with E-state index >= 15 is 0 Å². The lowest BCUT2D eigenvalue weighted by atomic mass is 10.0. The molecule has 3 aromatic rings. The molecule has 0 saturated carbocycles. The number of ether oxygens (including phenoxy) is 1. The summed E-state index contributed by atoms with van der Waals surface area (Å²) in [5, 5.41) is 4.08. The van der Waals surface area contributed by atoms with Crippen LogP contribution in [0.15, 0.2) is 64.1 Å². The molecule has 5 nitrogen and oxygen atoms in total. The van der Waals surface area contributed by atoms with E-state index in [2.05, 4.69) is 26.7 Å². The summed E-state index contributed by atoms with van der Waals surface area (Å²) < 4.78 is 8.15. The van der Waals surface area contributed by atoms with Crippen molar-refractivity contribution < 1.29 is 9.53 Å². The van der Waals surface area contributed by atoms with Crippen molar-refractivity contribution in [3.8, 4) is 5.75 Å². The number of nitrogens with zero attached hydrogens (tertiary/aromatic N) is 1. The molecule has 0 spiro atoms. The quantitative estimate of drug-likeness (QED) is 0.496. The zero-order valence-electron chi connectivity index (χ0n) is 15.8. The Balaban J connectivity index is 1.66. The largest absolute Gasteiger partial charge is 0.497 e. The van der Waals surface area contributed by atoms with Crippen molar-refractivity contribution in [2.75, 3.05) is 17.9 Å². The number of hydrogen-bond acceptors (Lipinski definition) is 4. The summed E-state index contributed by atoms with van der Waals surface area (Å²) in [5.74, 6) is 0.662. The van der Waals surface area contributed by atoms with Crippen LogP contribution in [0.25, 0.3) is 0 Å². The van der Waals surface area contributed by atoms with Crippen LogP contribution in [-0.4, -0.2) is 22.9 Å². The summed E-state index contributed by atoms with van der Waals surface area (Å²) in [4.78, 5) is 13.3. The van der Waals surface area contributed by atoms with Gasteiger partial charge in [-0.05, 0) is 55.0 Å². The molecule has 0 aliphatic carbocycles. The molecule has 29 heavy (non-hydrogen) atoms. The second kappa shape index (κ2) is 8.34. The van der Waals surface area contributed by atoms with Gasteiger partial charge in [0.05, 0.1) is 28.9 Å². The molecule has 8 heteroatoms. The van der Waals surface area contributed by atoms with Gasteiger partial charge in [0.25, 0.3) is 0 Å². The van der Waals surface area contributed by atoms with Gasteiger partial charge in [-0.2, -0.15) is 0 Å². The van der Waals surface area contributed by atoms with Gasteiger partial charge in [0, 0.05) is 10.2 Å². The molecule has 0 radical (unpaired) electrons. The number of carbonyl (C=O) groups is 1. The lowest BCUT2D eigenvalue weighted by Gasteiger charge is -2.34. The summed E-state index contributed by atoms with van der Waals surface area (Å²) >= 11 is 11.2. The van der Waals surface area contributed by atoms with Crippen LogP contribution in [0, 0.1) is 6.92 Å². The minimum atomic E-state index is -0.384. The minimum Gasteiger partial charge on any atom is -0.497 e. The van der Waals surface area contributed by atoms with Crippen LogP contribution >= 0.6 is 39.3 Å². The number of aromatic nitrogens is 1. The number of methoxy groups -OCH3 is 1. The molecule has 4 rings (SSSR count). The third-order valence-electron chi connectivity index (χ3n) is 4.78. The van der Waals surface area contributed by atoms with Crippen molar-refractivity contribution in [1.29, 1.82) is 0 Å². The van der Waals surface area contributed by atoms with Gasteiger partial charge in [-0.1, -0.05) is 51.4 Å². The van der Waals surface area contributed by atoms with Crippen molar-refractivity contribution in [3.63, 3.8) is 0 Å². The maximum absolute atomic E-state index is 13.3. The van der Waals surface area contributed by atoms with Crippen molar-refractivity contribution >= 4 is 50.9 Å². The molecule has 150 valence electrons. The molecule has 0 bridgehead atoms. The number of fused-ring (bicyclic) bond motifs is 1. The summed E-state index contributed by atoms with van der Waals surface area (Å²) in [6, 6.07) is 17.0. The second-order valence-corrected chi connectivity index (χ2v) is 9.16. The Labute approximate surface area is 186 Å². The Morgan fingerprint density at radius 1 is 1.21 bits per heavy atom. The first kappa shape index (κ1) is 20.2. The highest BCUT2D eigenvalue weighted by Gasteiger charge is 2.36. The number of carbonyl (C=O) groups excluding carboxylic acids is 1. The predicted octanol–water partition coefficient (Wildman–Crippen LogP) is 5.62. The SMILES string of the molecule is COc1ccc([C@@H]2Nn3c(C)ccc3S[C@H]2C(=O)Nc2ccc(Br)cc2Cl)cc1. The Hall–Kier alpha value is -2.09. The van der Waals surface area contributed by atoms with Crippen LogP contribution in [-0.2, 0) is 4.79 Å². The summed E-state index contributed by atoms with van der Waals surface area (Å²) in [7, 11) is 1.64. The van der Waals surface area contributed by atoms with E-state index in [0.29, 0.717) is 10.7 Å². The molecule has 2 atom stereocenters. The van der Waals surface area contributed by atoms with Crippen LogP contribution in [0.5, 0.6) is 5.75 Å². The molecule has 2 aromatic carbocycles. The number of hydrogen-bond donors (Lipinski definition) is 2. The number of aryl methyl sites for hydroxylation is 1. The smallest absolute Gasteiger partial charge is 0.240 e. The molecular formula is C21H19BrClN3O2S. The molecule has 1 aromatic heterocycles. The molecular weight excluding hydrogens is 474 g/mol. The van der Waals surface area contributed by atoms with Crippen LogP contribution in [0.1, 0.15) is 17.3 Å². The van der Waals surface area contributed by atoms with Gasteiger partial charge in [0.1, 0.15) is 11.0 Å². The molecule has 1 aliphatic heterocycles. The van der Waals surface area contributed by atoms with Gasteiger partial charge in [0.2, 0.25) is 5.91 Å². The molecule has 0 fully saturated rings. The van der Waals surface area contributed by atoms with E-state index in [1.807, 2.05) is 54.1 Å². The van der Waals surface area contributed by atoms with Crippen LogP contribution < -0.4 is 15.5 Å². The third-order valence-corrected chi connectivity index (χ3v) is 6.89. The first-order valence-corrected chi connectivity index (χ1v) is 11.0. The molecule has 0 saturated heterocycles. The molecule has 2 heterocycles. The third kappa shape index (κ3) is 4.13. The Morgan fingerprint density at radius 3 is 2.66 bits per heavy atom. The fourth-order valence-corrected chi connectivity index (χ4v) is 5.19. The number of nitrogens with one attached hydrogen (secondary N) is 2. The van der Waals surface area contributed by atoms with Crippen molar-refractivity contribution in [3.05, 3.63) is 75.4 Å². The maximum Gasteiger partial charge on any atom is 0.240 e. The first-order chi connectivity index (χ1) is 14.0. The number of rotatable bonds is 4. The second-order valence-electron chi connectivity index (χ2n) is 6.68. The van der Waals surface area contributed by atoms with E-state index in [9.17, 15) is 4.79 Å². The topological polar surface area (TPSA) is 55.3 Å². The minimum absolute atomic E-state index is 0.113. The molecule has 0 unspecified atom stereocenters. The summed E-state index contributed by atoms with van der Waals surface area (Å²) in [6.45, 7) is 2.03. The maximum atomic E-state index is 13.3. The lowest BCUT2D eigenvalue weighted by molar-refractivity contribution is -0.116. The van der Waals surface area contributed by atoms with Crippen LogP contribution in [0.4, 0.5) is 5.69 Å².